The Morgan fingerprint density at radius 2 is 1.84 bits per heavy atom. The maximum absolute atomic E-state index is 13.6. The lowest BCUT2D eigenvalue weighted by Crippen LogP contribution is -2.25. The Morgan fingerprint density at radius 1 is 1.06 bits per heavy atom. The summed E-state index contributed by atoms with van der Waals surface area (Å²) in [5.74, 6) is 0.880. The molecule has 32 heavy (non-hydrogen) atoms. The van der Waals surface area contributed by atoms with Crippen LogP contribution in [0.15, 0.2) is 82.9 Å². The average Bonchev–Trinajstić information content (AvgIpc) is 3.20. The number of thioether (sulfide) groups is 1. The van der Waals surface area contributed by atoms with E-state index in [1.165, 1.54) is 16.9 Å². The van der Waals surface area contributed by atoms with E-state index in [1.807, 2.05) is 59.2 Å². The number of thiophene rings is 1. The molecule has 3 aromatic heterocycles. The average molecular weight is 478 g/mol. The molecule has 0 amide bonds. The van der Waals surface area contributed by atoms with Gasteiger partial charge < -0.3 is 0 Å². The third-order valence-electron chi connectivity index (χ3n) is 5.42. The largest absolute Gasteiger partial charge is 0.286 e. The lowest BCUT2D eigenvalue weighted by molar-refractivity contribution is 0.532. The summed E-state index contributed by atoms with van der Waals surface area (Å²) >= 11 is 9.03. The van der Waals surface area contributed by atoms with E-state index < -0.39 is 0 Å². The second-order valence-electron chi connectivity index (χ2n) is 7.67. The molecular formula is C25H20ClN3OS2. The van der Waals surface area contributed by atoms with Crippen LogP contribution in [-0.4, -0.2) is 14.5 Å². The van der Waals surface area contributed by atoms with Crippen molar-refractivity contribution >= 4 is 55.1 Å². The first-order valence-corrected chi connectivity index (χ1v) is 12.5. The zero-order valence-electron chi connectivity index (χ0n) is 17.4. The fraction of sp³-hybridized carbons (Fsp3) is 0.160. The van der Waals surface area contributed by atoms with E-state index in [2.05, 4.69) is 24.0 Å². The van der Waals surface area contributed by atoms with Crippen LogP contribution in [0.25, 0.3) is 20.4 Å². The van der Waals surface area contributed by atoms with Gasteiger partial charge in [0.1, 0.15) is 9.53 Å². The van der Waals surface area contributed by atoms with Crippen molar-refractivity contribution < 1.29 is 0 Å². The van der Waals surface area contributed by atoms with Gasteiger partial charge in [0.2, 0.25) is 0 Å². The highest BCUT2D eigenvalue weighted by molar-refractivity contribution is 7.98. The quantitative estimate of drug-likeness (QED) is 0.200. The van der Waals surface area contributed by atoms with Crippen molar-refractivity contribution in [2.24, 2.45) is 0 Å². The van der Waals surface area contributed by atoms with Gasteiger partial charge in [0.25, 0.3) is 5.56 Å². The lowest BCUT2D eigenvalue weighted by atomic mass is 10.0. The number of fused-ring (bicyclic) bond motifs is 3. The van der Waals surface area contributed by atoms with E-state index in [0.29, 0.717) is 22.0 Å². The highest BCUT2D eigenvalue weighted by atomic mass is 35.5. The van der Waals surface area contributed by atoms with Crippen LogP contribution >= 0.6 is 34.7 Å². The molecule has 0 aliphatic heterocycles. The third kappa shape index (κ3) is 4.18. The number of nitrogens with zero attached hydrogens (tertiary/aromatic N) is 3. The highest BCUT2D eigenvalue weighted by Gasteiger charge is 2.19. The van der Waals surface area contributed by atoms with Gasteiger partial charge in [0.15, 0.2) is 5.16 Å². The van der Waals surface area contributed by atoms with Crippen LogP contribution in [0.3, 0.4) is 0 Å². The number of pyridine rings is 1. The fourth-order valence-electron chi connectivity index (χ4n) is 3.70. The molecular weight excluding hydrogens is 458 g/mol. The van der Waals surface area contributed by atoms with Gasteiger partial charge in [-0.05, 0) is 41.3 Å². The smallest absolute Gasteiger partial charge is 0.272 e. The summed E-state index contributed by atoms with van der Waals surface area (Å²) in [4.78, 5) is 23.9. The van der Waals surface area contributed by atoms with Crippen molar-refractivity contribution in [1.29, 1.82) is 0 Å². The Labute approximate surface area is 198 Å². The number of halogens is 1. The summed E-state index contributed by atoms with van der Waals surface area (Å²) in [6.45, 7) is 2.71. The fourth-order valence-corrected chi connectivity index (χ4v) is 5.82. The highest BCUT2D eigenvalue weighted by Crippen LogP contribution is 2.32. The molecule has 0 aliphatic carbocycles. The second-order valence-corrected chi connectivity index (χ2v) is 10.1. The maximum Gasteiger partial charge on any atom is 0.272 e. The molecule has 5 aromatic rings. The molecule has 0 aliphatic rings. The van der Waals surface area contributed by atoms with Crippen LogP contribution < -0.4 is 5.56 Å². The minimum atomic E-state index is -0.000567. The topological polar surface area (TPSA) is 47.8 Å². The molecule has 3 heterocycles. The van der Waals surface area contributed by atoms with Crippen molar-refractivity contribution in [2.45, 2.75) is 30.3 Å². The first-order valence-electron chi connectivity index (χ1n) is 10.3. The van der Waals surface area contributed by atoms with Crippen molar-refractivity contribution in [1.82, 2.24) is 14.5 Å². The van der Waals surface area contributed by atoms with E-state index in [1.54, 1.807) is 18.0 Å². The third-order valence-corrected chi connectivity index (χ3v) is 7.81. The molecule has 0 N–H and O–H groups in total. The summed E-state index contributed by atoms with van der Waals surface area (Å²) in [6, 6.07) is 21.9. The number of rotatable bonds is 6. The zero-order chi connectivity index (χ0) is 22.1. The first kappa shape index (κ1) is 21.2. The van der Waals surface area contributed by atoms with Gasteiger partial charge in [-0.25, -0.2) is 9.97 Å². The Morgan fingerprint density at radius 3 is 2.62 bits per heavy atom. The molecule has 160 valence electrons. The Kier molecular flexibility index (Phi) is 6.00. The van der Waals surface area contributed by atoms with Crippen molar-refractivity contribution in [3.8, 4) is 0 Å². The van der Waals surface area contributed by atoms with Gasteiger partial charge >= 0.3 is 0 Å². The maximum atomic E-state index is 13.6. The monoisotopic (exact) mass is 477 g/mol. The second kappa shape index (κ2) is 9.06. The number of benzene rings is 2. The minimum absolute atomic E-state index is 0.000567. The van der Waals surface area contributed by atoms with Crippen LogP contribution in [0.4, 0.5) is 0 Å². The summed E-state index contributed by atoms with van der Waals surface area (Å²) in [5, 5.41) is 2.37. The van der Waals surface area contributed by atoms with Gasteiger partial charge in [-0.3, -0.25) is 9.36 Å². The SMILES string of the molecule is CC(Cn1c(SCc2ccc(Cl)cc2)nc2c(sc3ncccc32)c1=O)c1ccccc1. The van der Waals surface area contributed by atoms with Crippen LogP contribution in [0, 0.1) is 0 Å². The Hall–Kier alpha value is -2.67. The molecule has 1 unspecified atom stereocenters. The van der Waals surface area contributed by atoms with E-state index in [0.717, 1.165) is 26.5 Å². The summed E-state index contributed by atoms with van der Waals surface area (Å²) in [6.07, 6.45) is 1.75. The molecule has 0 spiro atoms. The Bertz CT molecular complexity index is 1450. The van der Waals surface area contributed by atoms with Gasteiger partial charge in [-0.15, -0.1) is 11.3 Å². The van der Waals surface area contributed by atoms with Crippen LogP contribution in [0.2, 0.25) is 5.02 Å². The summed E-state index contributed by atoms with van der Waals surface area (Å²) in [5.41, 5.74) is 3.07. The van der Waals surface area contributed by atoms with Crippen LogP contribution in [0.1, 0.15) is 24.0 Å². The lowest BCUT2D eigenvalue weighted by Gasteiger charge is -2.17. The van der Waals surface area contributed by atoms with Crippen molar-refractivity contribution in [3.63, 3.8) is 0 Å². The van der Waals surface area contributed by atoms with Crippen LogP contribution in [-0.2, 0) is 12.3 Å². The number of hydrogen-bond acceptors (Lipinski definition) is 5. The Balaban J connectivity index is 1.59. The zero-order valence-corrected chi connectivity index (χ0v) is 19.8. The molecule has 4 nitrogen and oxygen atoms in total. The number of hydrogen-bond donors (Lipinski definition) is 0. The minimum Gasteiger partial charge on any atom is -0.286 e. The number of aromatic nitrogens is 3. The van der Waals surface area contributed by atoms with Gasteiger partial charge in [-0.1, -0.05) is 72.8 Å². The van der Waals surface area contributed by atoms with E-state index >= 15 is 0 Å². The van der Waals surface area contributed by atoms with Crippen molar-refractivity contribution in [3.05, 3.63) is 99.4 Å². The van der Waals surface area contributed by atoms with Crippen molar-refractivity contribution in [2.75, 3.05) is 0 Å². The predicted octanol–water partition coefficient (Wildman–Crippen LogP) is 6.76. The summed E-state index contributed by atoms with van der Waals surface area (Å²) in [7, 11) is 0. The molecule has 0 bridgehead atoms. The van der Waals surface area contributed by atoms with E-state index in [9.17, 15) is 4.79 Å². The van der Waals surface area contributed by atoms with Crippen LogP contribution in [0.5, 0.6) is 0 Å². The normalized spacial score (nSPS) is 12.4. The molecule has 0 radical (unpaired) electrons. The van der Waals surface area contributed by atoms with E-state index in [4.69, 9.17) is 16.6 Å². The van der Waals surface area contributed by atoms with Gasteiger partial charge in [0, 0.05) is 28.9 Å². The van der Waals surface area contributed by atoms with E-state index in [-0.39, 0.29) is 11.5 Å². The predicted molar refractivity (Wildman–Crippen MR) is 135 cm³/mol. The molecule has 0 saturated carbocycles. The van der Waals surface area contributed by atoms with Gasteiger partial charge in [-0.2, -0.15) is 0 Å². The molecule has 2 aromatic carbocycles. The first-order chi connectivity index (χ1) is 15.6. The molecule has 7 heteroatoms. The molecule has 0 saturated heterocycles. The summed E-state index contributed by atoms with van der Waals surface area (Å²) < 4.78 is 2.49. The molecule has 1 atom stereocenters. The standard InChI is InChI=1S/C25H20ClN3OS2/c1-16(18-6-3-2-4-7-18)14-29-24(30)22-21(20-8-5-13-27-23(20)32-22)28-25(29)31-15-17-9-11-19(26)12-10-17/h2-13,16H,14-15H2,1H3. The van der Waals surface area contributed by atoms with Gasteiger partial charge in [0.05, 0.1) is 5.52 Å². The molecule has 5 rings (SSSR count). The molecule has 0 fully saturated rings.